The van der Waals surface area contributed by atoms with Gasteiger partial charge < -0.3 is 10.3 Å². The van der Waals surface area contributed by atoms with E-state index >= 15 is 0 Å². The first-order valence-corrected chi connectivity index (χ1v) is 6.99. The summed E-state index contributed by atoms with van der Waals surface area (Å²) in [7, 11) is 0. The molecule has 0 bridgehead atoms. The van der Waals surface area contributed by atoms with Crippen LogP contribution in [-0.4, -0.2) is 38.9 Å². The number of imidazole rings is 1. The van der Waals surface area contributed by atoms with Gasteiger partial charge in [-0.1, -0.05) is 6.92 Å². The molecular formula is C13H18N6O. The van der Waals surface area contributed by atoms with Gasteiger partial charge >= 0.3 is 0 Å². The van der Waals surface area contributed by atoms with Crippen LogP contribution in [0.2, 0.25) is 0 Å². The number of hydrogen-bond acceptors (Lipinski definition) is 5. The highest BCUT2D eigenvalue weighted by Gasteiger charge is 2.22. The van der Waals surface area contributed by atoms with E-state index in [0.29, 0.717) is 11.6 Å². The quantitative estimate of drug-likeness (QED) is 0.771. The van der Waals surface area contributed by atoms with Crippen molar-refractivity contribution in [3.05, 3.63) is 12.0 Å². The van der Waals surface area contributed by atoms with Gasteiger partial charge in [-0.2, -0.15) is 4.98 Å². The second-order valence-corrected chi connectivity index (χ2v) is 4.96. The Hall–Kier alpha value is -2.02. The van der Waals surface area contributed by atoms with Gasteiger partial charge in [0.25, 0.3) is 0 Å². The van der Waals surface area contributed by atoms with Gasteiger partial charge in [0.1, 0.15) is 5.52 Å². The molecule has 3 rings (SSSR count). The number of nitrogens with one attached hydrogen (secondary N) is 3. The molecule has 3 N–H and O–H groups in total. The van der Waals surface area contributed by atoms with Crippen LogP contribution in [0, 0.1) is 5.92 Å². The molecule has 0 spiro atoms. The average Bonchev–Trinajstić information content (AvgIpc) is 2.95. The van der Waals surface area contributed by atoms with Crippen molar-refractivity contribution in [3.8, 4) is 0 Å². The zero-order valence-corrected chi connectivity index (χ0v) is 11.4. The summed E-state index contributed by atoms with van der Waals surface area (Å²) in [5, 5.41) is 6.07. The molecule has 0 aliphatic carbocycles. The minimum Gasteiger partial charge on any atom is -0.342 e. The number of aromatic nitrogens is 4. The van der Waals surface area contributed by atoms with Crippen molar-refractivity contribution in [2.75, 3.05) is 18.4 Å². The molecule has 7 nitrogen and oxygen atoms in total. The highest BCUT2D eigenvalue weighted by molar-refractivity contribution is 5.91. The van der Waals surface area contributed by atoms with Gasteiger partial charge in [-0.15, -0.1) is 0 Å². The van der Waals surface area contributed by atoms with Crippen LogP contribution in [0.1, 0.15) is 25.5 Å². The Labute approximate surface area is 116 Å². The first kappa shape index (κ1) is 13.0. The van der Waals surface area contributed by atoms with Crippen molar-refractivity contribution in [2.45, 2.75) is 26.2 Å². The number of amides is 1. The molecule has 2 aromatic rings. The SMILES string of the molecule is CCc1nc(NC(=O)C2CCNCC2)nc2nc[nH]c12. The third kappa shape index (κ3) is 2.49. The monoisotopic (exact) mass is 274 g/mol. The van der Waals surface area contributed by atoms with E-state index in [4.69, 9.17) is 0 Å². The van der Waals surface area contributed by atoms with Gasteiger partial charge in [0.15, 0.2) is 5.65 Å². The third-order valence-electron chi connectivity index (χ3n) is 3.64. The molecule has 1 aliphatic heterocycles. The Balaban J connectivity index is 1.81. The average molecular weight is 274 g/mol. The van der Waals surface area contributed by atoms with Crippen LogP contribution in [0.15, 0.2) is 6.33 Å². The van der Waals surface area contributed by atoms with Crippen LogP contribution >= 0.6 is 0 Å². The minimum absolute atomic E-state index is 0.00318. The number of piperidine rings is 1. The lowest BCUT2D eigenvalue weighted by Gasteiger charge is -2.21. The number of H-pyrrole nitrogens is 1. The summed E-state index contributed by atoms with van der Waals surface area (Å²) in [4.78, 5) is 28.0. The van der Waals surface area contributed by atoms with Crippen LogP contribution in [0.25, 0.3) is 11.2 Å². The predicted molar refractivity (Wildman–Crippen MR) is 75.3 cm³/mol. The van der Waals surface area contributed by atoms with E-state index in [1.54, 1.807) is 6.33 Å². The first-order valence-electron chi connectivity index (χ1n) is 6.99. The van der Waals surface area contributed by atoms with E-state index in [0.717, 1.165) is 43.6 Å². The van der Waals surface area contributed by atoms with E-state index < -0.39 is 0 Å². The van der Waals surface area contributed by atoms with E-state index in [1.807, 2.05) is 6.92 Å². The van der Waals surface area contributed by atoms with E-state index in [2.05, 4.69) is 30.6 Å². The standard InChI is InChI=1S/C13H18N6O/c1-2-9-10-11(16-7-15-10)18-13(17-9)19-12(20)8-3-5-14-6-4-8/h7-8,14H,2-6H2,1H3,(H2,15,16,17,18,19,20). The molecule has 2 aromatic heterocycles. The van der Waals surface area contributed by atoms with Gasteiger partial charge in [-0.05, 0) is 32.4 Å². The van der Waals surface area contributed by atoms with Gasteiger partial charge in [0.2, 0.25) is 11.9 Å². The first-order chi connectivity index (χ1) is 9.78. The lowest BCUT2D eigenvalue weighted by Crippen LogP contribution is -2.35. The molecule has 0 saturated carbocycles. The van der Waals surface area contributed by atoms with Gasteiger partial charge in [-0.3, -0.25) is 10.1 Å². The highest BCUT2D eigenvalue weighted by Crippen LogP contribution is 2.17. The Morgan fingerprint density at radius 3 is 2.95 bits per heavy atom. The Morgan fingerprint density at radius 2 is 2.20 bits per heavy atom. The Morgan fingerprint density at radius 1 is 1.40 bits per heavy atom. The number of nitrogens with zero attached hydrogens (tertiary/aromatic N) is 3. The van der Waals surface area contributed by atoms with Crippen molar-refractivity contribution in [2.24, 2.45) is 5.92 Å². The zero-order valence-electron chi connectivity index (χ0n) is 11.4. The smallest absolute Gasteiger partial charge is 0.231 e. The molecule has 0 radical (unpaired) electrons. The third-order valence-corrected chi connectivity index (χ3v) is 3.64. The molecule has 0 aromatic carbocycles. The summed E-state index contributed by atoms with van der Waals surface area (Å²) < 4.78 is 0. The lowest BCUT2D eigenvalue weighted by molar-refractivity contribution is -0.120. The van der Waals surface area contributed by atoms with Crippen molar-refractivity contribution >= 4 is 23.0 Å². The molecule has 1 aliphatic rings. The molecule has 0 unspecified atom stereocenters. The highest BCUT2D eigenvalue weighted by atomic mass is 16.2. The van der Waals surface area contributed by atoms with Crippen LogP contribution < -0.4 is 10.6 Å². The van der Waals surface area contributed by atoms with Crippen LogP contribution in [0.3, 0.4) is 0 Å². The predicted octanol–water partition coefficient (Wildman–Crippen LogP) is 0.853. The van der Waals surface area contributed by atoms with E-state index in [1.165, 1.54) is 0 Å². The lowest BCUT2D eigenvalue weighted by atomic mass is 9.97. The fraction of sp³-hybridized carbons (Fsp3) is 0.538. The van der Waals surface area contributed by atoms with Crippen molar-refractivity contribution in [1.82, 2.24) is 25.3 Å². The number of rotatable bonds is 3. The summed E-state index contributed by atoms with van der Waals surface area (Å²) in [6.07, 6.45) is 4.07. The fourth-order valence-corrected chi connectivity index (χ4v) is 2.50. The molecule has 20 heavy (non-hydrogen) atoms. The second-order valence-electron chi connectivity index (χ2n) is 4.96. The maximum absolute atomic E-state index is 12.2. The molecule has 1 fully saturated rings. The molecule has 0 atom stereocenters. The van der Waals surface area contributed by atoms with Crippen molar-refractivity contribution < 1.29 is 4.79 Å². The summed E-state index contributed by atoms with van der Waals surface area (Å²) in [5.74, 6) is 0.397. The number of anilines is 1. The molecule has 1 amide bonds. The summed E-state index contributed by atoms with van der Waals surface area (Å²) in [5.41, 5.74) is 2.30. The number of carbonyl (C=O) groups excluding carboxylic acids is 1. The Bertz CT molecular complexity index is 616. The number of carbonyl (C=O) groups is 1. The summed E-state index contributed by atoms with van der Waals surface area (Å²) in [6, 6.07) is 0. The van der Waals surface area contributed by atoms with Gasteiger partial charge in [0, 0.05) is 5.92 Å². The van der Waals surface area contributed by atoms with Gasteiger partial charge in [0.05, 0.1) is 12.0 Å². The maximum Gasteiger partial charge on any atom is 0.231 e. The molecular weight excluding hydrogens is 256 g/mol. The summed E-state index contributed by atoms with van der Waals surface area (Å²) in [6.45, 7) is 3.79. The Kier molecular flexibility index (Phi) is 3.60. The van der Waals surface area contributed by atoms with E-state index in [9.17, 15) is 4.79 Å². The zero-order chi connectivity index (χ0) is 13.9. The van der Waals surface area contributed by atoms with E-state index in [-0.39, 0.29) is 11.8 Å². The number of fused-ring (bicyclic) bond motifs is 1. The van der Waals surface area contributed by atoms with Crippen LogP contribution in [0.5, 0.6) is 0 Å². The molecule has 1 saturated heterocycles. The van der Waals surface area contributed by atoms with Crippen molar-refractivity contribution in [3.63, 3.8) is 0 Å². The summed E-state index contributed by atoms with van der Waals surface area (Å²) >= 11 is 0. The molecule has 106 valence electrons. The minimum atomic E-state index is 0.00318. The van der Waals surface area contributed by atoms with Gasteiger partial charge in [-0.25, -0.2) is 9.97 Å². The number of aromatic amines is 1. The molecule has 3 heterocycles. The number of hydrogen-bond donors (Lipinski definition) is 3. The van der Waals surface area contributed by atoms with Crippen LogP contribution in [-0.2, 0) is 11.2 Å². The largest absolute Gasteiger partial charge is 0.342 e. The second kappa shape index (κ2) is 5.54. The molecule has 7 heteroatoms. The van der Waals surface area contributed by atoms with Crippen LogP contribution in [0.4, 0.5) is 5.95 Å². The fourth-order valence-electron chi connectivity index (χ4n) is 2.50. The number of aryl methyl sites for hydroxylation is 1. The topological polar surface area (TPSA) is 95.6 Å². The van der Waals surface area contributed by atoms with Crippen molar-refractivity contribution in [1.29, 1.82) is 0 Å². The normalized spacial score (nSPS) is 16.4. The maximum atomic E-state index is 12.2.